The molecule has 5 heteroatoms. The molecule has 3 N–H and O–H groups in total. The van der Waals surface area contributed by atoms with Crippen LogP contribution < -0.4 is 5.73 Å². The molecule has 0 spiro atoms. The number of aromatic nitrogens is 1. The van der Waals surface area contributed by atoms with Gasteiger partial charge in [-0.3, -0.25) is 0 Å². The fourth-order valence-corrected chi connectivity index (χ4v) is 1.03. The molecule has 0 unspecified atom stereocenters. The van der Waals surface area contributed by atoms with Crippen LogP contribution in [0.2, 0.25) is 5.02 Å². The lowest BCUT2D eigenvalue weighted by Crippen LogP contribution is -1.91. The van der Waals surface area contributed by atoms with E-state index in [4.69, 9.17) is 22.4 Å². The zero-order valence-electron chi connectivity index (χ0n) is 4.81. The molecule has 0 aliphatic heterocycles. The molecule has 0 saturated heterocycles. The van der Waals surface area contributed by atoms with Crippen molar-refractivity contribution < 1.29 is 5.11 Å². The Morgan fingerprint density at radius 2 is 2.30 bits per heavy atom. The van der Waals surface area contributed by atoms with Crippen LogP contribution in [0.25, 0.3) is 0 Å². The maximum atomic E-state index is 8.90. The van der Waals surface area contributed by atoms with Crippen molar-refractivity contribution in [2.45, 2.75) is 0 Å². The van der Waals surface area contributed by atoms with E-state index in [0.717, 1.165) is 3.57 Å². The van der Waals surface area contributed by atoms with Crippen LogP contribution in [0.15, 0.2) is 6.20 Å². The summed E-state index contributed by atoms with van der Waals surface area (Å²) < 4.78 is 0.731. The zero-order chi connectivity index (χ0) is 7.72. The average Bonchev–Trinajstić information content (AvgIpc) is 1.93. The minimum atomic E-state index is -0.217. The molecule has 1 heterocycles. The molecular weight excluding hydrogens is 266 g/mol. The number of nitrogens with two attached hydrogens (primary N) is 1. The Hall–Kier alpha value is -0.230. The molecule has 0 fully saturated rings. The van der Waals surface area contributed by atoms with Gasteiger partial charge in [-0.15, -0.1) is 0 Å². The van der Waals surface area contributed by atoms with Crippen molar-refractivity contribution in [2.24, 2.45) is 0 Å². The quantitative estimate of drug-likeness (QED) is 0.704. The predicted molar refractivity (Wildman–Crippen MR) is 48.0 cm³/mol. The molecule has 1 rings (SSSR count). The highest BCUT2D eigenvalue weighted by Crippen LogP contribution is 2.29. The van der Waals surface area contributed by atoms with Crippen molar-refractivity contribution in [3.05, 3.63) is 14.8 Å². The summed E-state index contributed by atoms with van der Waals surface area (Å²) in [5.74, 6) is -0.217. The van der Waals surface area contributed by atoms with E-state index < -0.39 is 0 Å². The summed E-state index contributed by atoms with van der Waals surface area (Å²) in [6.45, 7) is 0. The number of anilines is 1. The molecule has 0 aliphatic carbocycles. The second kappa shape index (κ2) is 2.79. The maximum Gasteiger partial charge on any atom is 0.236 e. The monoisotopic (exact) mass is 270 g/mol. The number of rotatable bonds is 0. The molecular formula is C5H4ClIN2O. The van der Waals surface area contributed by atoms with Crippen molar-refractivity contribution in [1.82, 2.24) is 4.98 Å². The Labute approximate surface area is 76.4 Å². The van der Waals surface area contributed by atoms with Gasteiger partial charge in [0.25, 0.3) is 0 Å². The Morgan fingerprint density at radius 1 is 1.70 bits per heavy atom. The zero-order valence-corrected chi connectivity index (χ0v) is 7.72. The first-order valence-corrected chi connectivity index (χ1v) is 3.87. The molecule has 0 bridgehead atoms. The van der Waals surface area contributed by atoms with Crippen molar-refractivity contribution in [2.75, 3.05) is 5.73 Å². The van der Waals surface area contributed by atoms with E-state index in [-0.39, 0.29) is 11.6 Å². The molecule has 0 atom stereocenters. The van der Waals surface area contributed by atoms with Crippen molar-refractivity contribution in [3.8, 4) is 5.88 Å². The van der Waals surface area contributed by atoms with Crippen molar-refractivity contribution >= 4 is 39.9 Å². The van der Waals surface area contributed by atoms with Crippen LogP contribution in [0.1, 0.15) is 0 Å². The molecule has 0 aromatic carbocycles. The predicted octanol–water partition coefficient (Wildman–Crippen LogP) is 1.63. The number of hydrogen-bond donors (Lipinski definition) is 2. The standard InChI is InChI=1S/C5H4ClIN2O/c6-3-2(7)1-9-5(10)4(3)8/h1H,8H2,(H,9,10). The van der Waals surface area contributed by atoms with Gasteiger partial charge in [0, 0.05) is 6.20 Å². The number of nitrogen functional groups attached to an aromatic ring is 1. The van der Waals surface area contributed by atoms with Gasteiger partial charge in [-0.1, -0.05) is 11.6 Å². The van der Waals surface area contributed by atoms with E-state index >= 15 is 0 Å². The van der Waals surface area contributed by atoms with Gasteiger partial charge in [0.1, 0.15) is 5.69 Å². The van der Waals surface area contributed by atoms with Crippen LogP contribution in [-0.4, -0.2) is 10.1 Å². The van der Waals surface area contributed by atoms with E-state index in [1.165, 1.54) is 6.20 Å². The highest BCUT2D eigenvalue weighted by molar-refractivity contribution is 14.1. The van der Waals surface area contributed by atoms with Gasteiger partial charge in [-0.2, -0.15) is 0 Å². The van der Waals surface area contributed by atoms with E-state index in [2.05, 4.69) is 4.98 Å². The fraction of sp³-hybridized carbons (Fsp3) is 0. The minimum absolute atomic E-state index is 0.133. The molecule has 10 heavy (non-hydrogen) atoms. The molecule has 3 nitrogen and oxygen atoms in total. The second-order valence-electron chi connectivity index (χ2n) is 1.66. The SMILES string of the molecule is Nc1c(O)ncc(I)c1Cl. The molecule has 0 radical (unpaired) electrons. The lowest BCUT2D eigenvalue weighted by molar-refractivity contribution is 0.456. The normalized spacial score (nSPS) is 9.80. The fourth-order valence-electron chi connectivity index (χ4n) is 0.471. The van der Waals surface area contributed by atoms with Gasteiger partial charge >= 0.3 is 0 Å². The summed E-state index contributed by atoms with van der Waals surface area (Å²) in [7, 11) is 0. The van der Waals surface area contributed by atoms with Gasteiger partial charge in [0.2, 0.25) is 5.88 Å². The van der Waals surface area contributed by atoms with Crippen LogP contribution in [0.4, 0.5) is 5.69 Å². The van der Waals surface area contributed by atoms with Gasteiger partial charge < -0.3 is 10.8 Å². The third-order valence-corrected chi connectivity index (χ3v) is 2.53. The Kier molecular flexibility index (Phi) is 2.20. The average molecular weight is 270 g/mol. The molecule has 1 aromatic rings. The number of hydrogen-bond acceptors (Lipinski definition) is 3. The van der Waals surface area contributed by atoms with Crippen LogP contribution >= 0.6 is 34.2 Å². The molecule has 54 valence electrons. The van der Waals surface area contributed by atoms with Crippen LogP contribution in [0.5, 0.6) is 5.88 Å². The highest BCUT2D eigenvalue weighted by Gasteiger charge is 2.05. The minimum Gasteiger partial charge on any atom is -0.492 e. The summed E-state index contributed by atoms with van der Waals surface area (Å²) in [5.41, 5.74) is 5.47. The van der Waals surface area contributed by atoms with E-state index in [1.807, 2.05) is 22.6 Å². The first-order chi connectivity index (χ1) is 4.63. The number of halogens is 2. The van der Waals surface area contributed by atoms with Gasteiger partial charge in [-0.25, -0.2) is 4.98 Å². The smallest absolute Gasteiger partial charge is 0.236 e. The number of pyridine rings is 1. The number of nitrogens with zero attached hydrogens (tertiary/aromatic N) is 1. The third-order valence-electron chi connectivity index (χ3n) is 0.987. The van der Waals surface area contributed by atoms with Gasteiger partial charge in [0.15, 0.2) is 0 Å². The van der Waals surface area contributed by atoms with Crippen LogP contribution in [0.3, 0.4) is 0 Å². The Balaban J connectivity index is 3.34. The summed E-state index contributed by atoms with van der Waals surface area (Å²) in [6.07, 6.45) is 1.45. The first kappa shape index (κ1) is 7.87. The summed E-state index contributed by atoms with van der Waals surface area (Å²) in [6, 6.07) is 0. The summed E-state index contributed by atoms with van der Waals surface area (Å²) in [5, 5.41) is 9.26. The second-order valence-corrected chi connectivity index (χ2v) is 3.20. The molecule has 0 aliphatic rings. The Morgan fingerprint density at radius 3 is 2.80 bits per heavy atom. The highest BCUT2D eigenvalue weighted by atomic mass is 127. The van der Waals surface area contributed by atoms with Gasteiger partial charge in [0.05, 0.1) is 8.59 Å². The van der Waals surface area contributed by atoms with E-state index in [0.29, 0.717) is 5.02 Å². The van der Waals surface area contributed by atoms with Crippen molar-refractivity contribution in [3.63, 3.8) is 0 Å². The van der Waals surface area contributed by atoms with E-state index in [1.54, 1.807) is 0 Å². The maximum absolute atomic E-state index is 8.90. The summed E-state index contributed by atoms with van der Waals surface area (Å²) >= 11 is 7.63. The lowest BCUT2D eigenvalue weighted by atomic mass is 10.4. The number of aromatic hydroxyl groups is 1. The summed E-state index contributed by atoms with van der Waals surface area (Å²) in [4.78, 5) is 3.58. The van der Waals surface area contributed by atoms with Crippen LogP contribution in [-0.2, 0) is 0 Å². The largest absolute Gasteiger partial charge is 0.492 e. The van der Waals surface area contributed by atoms with E-state index in [9.17, 15) is 0 Å². The van der Waals surface area contributed by atoms with Crippen LogP contribution in [0, 0.1) is 3.57 Å². The Bertz CT molecular complexity index is 239. The topological polar surface area (TPSA) is 59.1 Å². The van der Waals surface area contributed by atoms with Gasteiger partial charge in [-0.05, 0) is 22.6 Å². The third kappa shape index (κ3) is 1.27. The lowest BCUT2D eigenvalue weighted by Gasteiger charge is -2.00. The first-order valence-electron chi connectivity index (χ1n) is 2.41. The molecule has 0 saturated carbocycles. The van der Waals surface area contributed by atoms with Crippen molar-refractivity contribution in [1.29, 1.82) is 0 Å². The molecule has 0 amide bonds. The molecule has 1 aromatic heterocycles.